The average Bonchev–Trinajstić information content (AvgIpc) is 3.06. The zero-order valence-electron chi connectivity index (χ0n) is 33.9. The quantitative estimate of drug-likeness (QED) is 0.0370. The van der Waals surface area contributed by atoms with E-state index in [1.807, 2.05) is 21.1 Å². The van der Waals surface area contributed by atoms with Crippen LogP contribution in [0.15, 0.2) is 0 Å². The zero-order valence-corrected chi connectivity index (χ0v) is 34.8. The summed E-state index contributed by atoms with van der Waals surface area (Å²) in [6.07, 6.45) is 35.4. The molecule has 0 rings (SSSR count). The molecule has 8 nitrogen and oxygen atoms in total. The minimum atomic E-state index is -4.55. The van der Waals surface area contributed by atoms with Crippen LogP contribution in [0.1, 0.15) is 206 Å². The van der Waals surface area contributed by atoms with Crippen molar-refractivity contribution in [2.24, 2.45) is 0 Å². The van der Waals surface area contributed by atoms with Crippen LogP contribution in [0.25, 0.3) is 0 Å². The van der Waals surface area contributed by atoms with Crippen LogP contribution in [0, 0.1) is 0 Å². The Morgan fingerprint density at radius 1 is 0.620 bits per heavy atom. The van der Waals surface area contributed by atoms with Gasteiger partial charge in [-0.3, -0.25) is 9.36 Å². The van der Waals surface area contributed by atoms with Crippen molar-refractivity contribution in [2.75, 3.05) is 40.9 Å². The van der Waals surface area contributed by atoms with E-state index >= 15 is 0 Å². The summed E-state index contributed by atoms with van der Waals surface area (Å²) >= 11 is 0. The molecule has 300 valence electrons. The number of hydrogen-bond donors (Lipinski definition) is 2. The lowest BCUT2D eigenvalue weighted by Gasteiger charge is -2.30. The van der Waals surface area contributed by atoms with Crippen LogP contribution in [0.2, 0.25) is 0 Å². The number of nitrogens with zero attached hydrogens (tertiary/aromatic N) is 1. The van der Waals surface area contributed by atoms with Crippen molar-refractivity contribution in [1.82, 2.24) is 5.32 Å². The number of aliphatic hydroxyl groups is 1. The van der Waals surface area contributed by atoms with Gasteiger partial charge in [0.25, 0.3) is 7.82 Å². The number of phosphoric acid groups is 1. The number of unbranched alkanes of at least 4 members (excludes halogenated alkanes) is 26. The van der Waals surface area contributed by atoms with Gasteiger partial charge in [-0.2, -0.15) is 0 Å². The van der Waals surface area contributed by atoms with Gasteiger partial charge in [-0.15, -0.1) is 0 Å². The summed E-state index contributed by atoms with van der Waals surface area (Å²) in [7, 11) is 1.31. The highest BCUT2D eigenvalue weighted by atomic mass is 31.2. The normalized spacial score (nSPS) is 14.5. The molecule has 1 amide bonds. The molecule has 0 radical (unpaired) electrons. The number of nitrogens with one attached hydrogen (secondary N) is 1. The Bertz CT molecular complexity index is 794. The number of hydrogen-bond acceptors (Lipinski definition) is 6. The Kier molecular flexibility index (Phi) is 33.9. The number of likely N-dealkylation sites (N-methyl/N-ethyl adjacent to an activating group) is 1. The minimum absolute atomic E-state index is 0.0156. The largest absolute Gasteiger partial charge is 0.756 e. The number of quaternary nitrogens is 1. The summed E-state index contributed by atoms with van der Waals surface area (Å²) < 4.78 is 23.2. The number of aliphatic hydroxyl groups excluding tert-OH is 1. The van der Waals surface area contributed by atoms with Crippen molar-refractivity contribution in [3.8, 4) is 0 Å². The second-order valence-electron chi connectivity index (χ2n) is 16.1. The summed E-state index contributed by atoms with van der Waals surface area (Å²) in [6, 6.07) is -0.791. The lowest BCUT2D eigenvalue weighted by molar-refractivity contribution is -0.870. The Morgan fingerprint density at radius 3 is 1.36 bits per heavy atom. The van der Waals surface area contributed by atoms with Gasteiger partial charge in [0.2, 0.25) is 5.91 Å². The molecule has 0 spiro atoms. The van der Waals surface area contributed by atoms with Crippen LogP contribution in [-0.2, 0) is 18.4 Å². The zero-order chi connectivity index (χ0) is 37.2. The second kappa shape index (κ2) is 34.3. The molecular weight excluding hydrogens is 647 g/mol. The highest BCUT2D eigenvalue weighted by Gasteiger charge is 2.24. The lowest BCUT2D eigenvalue weighted by atomic mass is 10.0. The van der Waals surface area contributed by atoms with Crippen LogP contribution in [0.5, 0.6) is 0 Å². The first-order chi connectivity index (χ1) is 24.0. The fourth-order valence-electron chi connectivity index (χ4n) is 6.39. The first-order valence-corrected chi connectivity index (χ1v) is 22.8. The molecule has 0 saturated carbocycles. The molecule has 0 aliphatic heterocycles. The maximum Gasteiger partial charge on any atom is 0.268 e. The molecule has 0 aliphatic carbocycles. The van der Waals surface area contributed by atoms with Crippen LogP contribution < -0.4 is 10.2 Å². The number of carbonyl (C=O) groups is 1. The van der Waals surface area contributed by atoms with Gasteiger partial charge in [-0.05, 0) is 12.8 Å². The number of carbonyl (C=O) groups excluding carboxylic acids is 1. The molecule has 0 saturated heterocycles. The van der Waals surface area contributed by atoms with Gasteiger partial charge in [0, 0.05) is 6.42 Å². The molecule has 0 aromatic rings. The van der Waals surface area contributed by atoms with Gasteiger partial charge in [-0.1, -0.05) is 187 Å². The van der Waals surface area contributed by atoms with Crippen molar-refractivity contribution in [3.63, 3.8) is 0 Å². The van der Waals surface area contributed by atoms with E-state index in [9.17, 15) is 19.4 Å². The molecule has 3 atom stereocenters. The summed E-state index contributed by atoms with van der Waals surface area (Å²) in [4.78, 5) is 25.1. The van der Waals surface area contributed by atoms with E-state index in [1.165, 1.54) is 141 Å². The van der Waals surface area contributed by atoms with Gasteiger partial charge in [0.15, 0.2) is 0 Å². The van der Waals surface area contributed by atoms with Crippen LogP contribution >= 0.6 is 7.82 Å². The van der Waals surface area contributed by atoms with E-state index in [0.29, 0.717) is 23.9 Å². The van der Waals surface area contributed by atoms with E-state index in [-0.39, 0.29) is 19.1 Å². The SMILES string of the molecule is CCCCCCCCCCCCCCCCCCCCCCC(O)C(COP(=O)([O-])OCC[N+](C)(C)C)NC(=O)CCCCCCCCCC. The number of amides is 1. The van der Waals surface area contributed by atoms with E-state index in [1.54, 1.807) is 0 Å². The first-order valence-electron chi connectivity index (χ1n) is 21.4. The van der Waals surface area contributed by atoms with Gasteiger partial charge in [0.1, 0.15) is 13.2 Å². The predicted octanol–water partition coefficient (Wildman–Crippen LogP) is 10.8. The monoisotopic (exact) mass is 733 g/mol. The van der Waals surface area contributed by atoms with E-state index in [0.717, 1.165) is 38.5 Å². The second-order valence-corrected chi connectivity index (χ2v) is 17.5. The van der Waals surface area contributed by atoms with E-state index < -0.39 is 20.0 Å². The van der Waals surface area contributed by atoms with Gasteiger partial charge < -0.3 is 28.8 Å². The van der Waals surface area contributed by atoms with E-state index in [4.69, 9.17) is 9.05 Å². The highest BCUT2D eigenvalue weighted by molar-refractivity contribution is 7.45. The molecule has 2 N–H and O–H groups in total. The smallest absolute Gasteiger partial charge is 0.268 e. The summed E-state index contributed by atoms with van der Waals surface area (Å²) in [5, 5.41) is 13.8. The number of phosphoric ester groups is 1. The molecule has 3 unspecified atom stereocenters. The van der Waals surface area contributed by atoms with Crippen LogP contribution in [0.4, 0.5) is 0 Å². The maximum absolute atomic E-state index is 12.7. The van der Waals surface area contributed by atoms with Crippen LogP contribution in [-0.4, -0.2) is 68.5 Å². The molecule has 0 fully saturated rings. The molecule has 50 heavy (non-hydrogen) atoms. The predicted molar refractivity (Wildman–Crippen MR) is 210 cm³/mol. The van der Waals surface area contributed by atoms with Crippen molar-refractivity contribution in [3.05, 3.63) is 0 Å². The van der Waals surface area contributed by atoms with Gasteiger partial charge in [0.05, 0.1) is 39.9 Å². The summed E-state index contributed by atoms with van der Waals surface area (Å²) in [5.74, 6) is -0.168. The number of rotatable bonds is 39. The molecule has 9 heteroatoms. The van der Waals surface area contributed by atoms with Crippen molar-refractivity contribution in [2.45, 2.75) is 219 Å². The Balaban J connectivity index is 4.22. The summed E-state index contributed by atoms with van der Waals surface area (Å²) in [6.45, 7) is 4.70. The minimum Gasteiger partial charge on any atom is -0.756 e. The third-order valence-corrected chi connectivity index (χ3v) is 10.8. The Hall–Kier alpha value is -0.500. The summed E-state index contributed by atoms with van der Waals surface area (Å²) in [5.41, 5.74) is 0. The maximum atomic E-state index is 12.7. The van der Waals surface area contributed by atoms with Gasteiger partial charge >= 0.3 is 0 Å². The molecule has 0 aromatic carbocycles. The first kappa shape index (κ1) is 49.5. The Labute approximate surface area is 310 Å². The molecule has 0 aliphatic rings. The topological polar surface area (TPSA) is 108 Å². The fourth-order valence-corrected chi connectivity index (χ4v) is 7.12. The van der Waals surface area contributed by atoms with Gasteiger partial charge in [-0.25, -0.2) is 0 Å². The highest BCUT2D eigenvalue weighted by Crippen LogP contribution is 2.38. The van der Waals surface area contributed by atoms with E-state index in [2.05, 4.69) is 19.2 Å². The lowest BCUT2D eigenvalue weighted by Crippen LogP contribution is -2.46. The Morgan fingerprint density at radius 2 is 0.980 bits per heavy atom. The molecule has 0 bridgehead atoms. The average molecular weight is 733 g/mol. The fraction of sp³-hybridized carbons (Fsp3) is 0.976. The standard InChI is InChI=1S/C41H85N2O6P/c1-6-8-10-12-14-16-17-18-19-20-21-22-23-24-25-26-27-28-30-32-34-40(44)39(38-49-50(46,47)48-37-36-43(3,4)5)42-41(45)35-33-31-29-15-13-11-9-7-2/h39-40,44H,6-38H2,1-5H3,(H-,42,45,46,47). The molecule has 0 heterocycles. The molecule has 0 aromatic heterocycles. The van der Waals surface area contributed by atoms with Crippen molar-refractivity contribution < 1.29 is 32.9 Å². The van der Waals surface area contributed by atoms with Crippen molar-refractivity contribution >= 4 is 13.7 Å². The third-order valence-electron chi connectivity index (χ3n) is 9.85. The van der Waals surface area contributed by atoms with Crippen LogP contribution in [0.3, 0.4) is 0 Å². The molecular formula is C41H85N2O6P. The third kappa shape index (κ3) is 35.9. The van der Waals surface area contributed by atoms with Crippen molar-refractivity contribution in [1.29, 1.82) is 0 Å².